The van der Waals surface area contributed by atoms with Gasteiger partial charge in [0.05, 0.1) is 13.2 Å². The summed E-state index contributed by atoms with van der Waals surface area (Å²) in [6.45, 7) is -1.38. The van der Waals surface area contributed by atoms with Gasteiger partial charge in [0.2, 0.25) is 10.0 Å². The van der Waals surface area contributed by atoms with Gasteiger partial charge in [-0.3, -0.25) is 0 Å². The number of piperidine rings is 1. The molecule has 0 aromatic heterocycles. The highest BCUT2D eigenvalue weighted by Gasteiger charge is 2.36. The average Bonchev–Trinajstić information content (AvgIpc) is 3.09. The molecule has 6 nitrogen and oxygen atoms in total. The van der Waals surface area contributed by atoms with Gasteiger partial charge in [-0.1, -0.05) is 12.1 Å². The zero-order valence-corrected chi connectivity index (χ0v) is 13.8. The highest BCUT2D eigenvalue weighted by molar-refractivity contribution is 7.89. The number of hydrogen-bond donors (Lipinski definition) is 0. The molecule has 0 saturated carbocycles. The number of hydrogen-bond acceptors (Lipinski definition) is 5. The number of alkyl halides is 2. The monoisotopic (exact) mass is 363 g/mol. The third-order valence-corrected chi connectivity index (χ3v) is 6.15. The molecule has 0 spiro atoms. The van der Waals surface area contributed by atoms with E-state index in [4.69, 9.17) is 9.47 Å². The molecular weight excluding hydrogens is 344 g/mol. The van der Waals surface area contributed by atoms with Crippen molar-refractivity contribution in [3.8, 4) is 5.75 Å². The summed E-state index contributed by atoms with van der Waals surface area (Å²) >= 11 is 0. The summed E-state index contributed by atoms with van der Waals surface area (Å²) in [6, 6.07) is 5.45. The minimum absolute atomic E-state index is 0.145. The predicted octanol–water partition coefficient (Wildman–Crippen LogP) is 2.06. The van der Waals surface area contributed by atoms with Gasteiger partial charge in [-0.15, -0.1) is 0 Å². The zero-order valence-electron chi connectivity index (χ0n) is 12.9. The Balaban J connectivity index is 1.72. The van der Waals surface area contributed by atoms with Crippen LogP contribution in [0.4, 0.5) is 8.78 Å². The van der Waals surface area contributed by atoms with Gasteiger partial charge in [0.15, 0.2) is 6.29 Å². The average molecular weight is 363 g/mol. The zero-order chi connectivity index (χ0) is 17.2. The summed E-state index contributed by atoms with van der Waals surface area (Å²) < 4.78 is 67.1. The van der Waals surface area contributed by atoms with Gasteiger partial charge in [-0.05, 0) is 25.0 Å². The van der Waals surface area contributed by atoms with E-state index in [1.165, 1.54) is 28.6 Å². The maximum Gasteiger partial charge on any atom is 0.387 e. The molecule has 0 N–H and O–H groups in total. The maximum absolute atomic E-state index is 12.8. The molecule has 0 aliphatic carbocycles. The molecule has 0 unspecified atom stereocenters. The van der Waals surface area contributed by atoms with Crippen molar-refractivity contribution in [1.82, 2.24) is 4.31 Å². The SMILES string of the molecule is O=S(=O)(c1ccccc1OC(F)F)N1CCC(C2OCCO2)CC1. The largest absolute Gasteiger partial charge is 0.433 e. The molecule has 134 valence electrons. The smallest absolute Gasteiger partial charge is 0.387 e. The van der Waals surface area contributed by atoms with Gasteiger partial charge < -0.3 is 14.2 Å². The summed E-state index contributed by atoms with van der Waals surface area (Å²) in [4.78, 5) is -0.239. The molecule has 0 amide bonds. The van der Waals surface area contributed by atoms with Gasteiger partial charge >= 0.3 is 6.61 Å². The number of benzene rings is 1. The van der Waals surface area contributed by atoms with Crippen molar-refractivity contribution in [3.63, 3.8) is 0 Å². The summed E-state index contributed by atoms with van der Waals surface area (Å²) in [5.74, 6) is -0.191. The molecule has 2 aliphatic rings. The Kier molecular flexibility index (Phi) is 5.33. The van der Waals surface area contributed by atoms with Crippen LogP contribution in [0, 0.1) is 5.92 Å². The van der Waals surface area contributed by atoms with Gasteiger partial charge in [0, 0.05) is 19.0 Å². The Bertz CT molecular complexity index is 656. The quantitative estimate of drug-likeness (QED) is 0.801. The van der Waals surface area contributed by atoms with E-state index in [-0.39, 0.29) is 22.9 Å². The van der Waals surface area contributed by atoms with E-state index in [0.717, 1.165) is 0 Å². The molecule has 0 atom stereocenters. The Morgan fingerprint density at radius 1 is 1.12 bits per heavy atom. The number of sulfonamides is 1. The van der Waals surface area contributed by atoms with Crippen LogP contribution < -0.4 is 4.74 Å². The van der Waals surface area contributed by atoms with Crippen molar-refractivity contribution in [1.29, 1.82) is 0 Å². The molecule has 2 saturated heterocycles. The Morgan fingerprint density at radius 3 is 2.38 bits per heavy atom. The number of halogens is 2. The van der Waals surface area contributed by atoms with E-state index in [9.17, 15) is 17.2 Å². The topological polar surface area (TPSA) is 65.1 Å². The molecule has 2 fully saturated rings. The van der Waals surface area contributed by atoms with Gasteiger partial charge in [0.25, 0.3) is 0 Å². The van der Waals surface area contributed by atoms with Crippen LogP contribution in [0.2, 0.25) is 0 Å². The molecule has 1 aromatic rings. The third kappa shape index (κ3) is 3.69. The van der Waals surface area contributed by atoms with Crippen molar-refractivity contribution >= 4 is 10.0 Å². The molecule has 0 radical (unpaired) electrons. The van der Waals surface area contributed by atoms with E-state index in [1.54, 1.807) is 0 Å². The van der Waals surface area contributed by atoms with Crippen molar-refractivity contribution in [3.05, 3.63) is 24.3 Å². The summed E-state index contributed by atoms with van der Waals surface area (Å²) in [5, 5.41) is 0. The molecule has 1 aromatic carbocycles. The van der Waals surface area contributed by atoms with E-state index in [2.05, 4.69) is 4.74 Å². The lowest BCUT2D eigenvalue weighted by Gasteiger charge is -2.33. The number of para-hydroxylation sites is 1. The van der Waals surface area contributed by atoms with Crippen LogP contribution in [0.1, 0.15) is 12.8 Å². The molecule has 2 aliphatic heterocycles. The fourth-order valence-corrected chi connectivity index (χ4v) is 4.62. The molecule has 2 heterocycles. The lowest BCUT2D eigenvalue weighted by Crippen LogP contribution is -2.41. The fourth-order valence-electron chi connectivity index (χ4n) is 3.03. The van der Waals surface area contributed by atoms with Crippen LogP contribution in [-0.4, -0.2) is 51.9 Å². The second-order valence-corrected chi connectivity index (χ2v) is 7.58. The van der Waals surface area contributed by atoms with Crippen LogP contribution in [-0.2, 0) is 19.5 Å². The predicted molar refractivity (Wildman–Crippen MR) is 80.2 cm³/mol. The second kappa shape index (κ2) is 7.30. The highest BCUT2D eigenvalue weighted by atomic mass is 32.2. The minimum atomic E-state index is -3.89. The van der Waals surface area contributed by atoms with Crippen molar-refractivity contribution in [2.75, 3.05) is 26.3 Å². The van der Waals surface area contributed by atoms with E-state index >= 15 is 0 Å². The minimum Gasteiger partial charge on any atom is -0.433 e. The Hall–Kier alpha value is -1.29. The molecular formula is C15H19F2NO5S. The lowest BCUT2D eigenvalue weighted by molar-refractivity contribution is -0.0938. The first-order valence-electron chi connectivity index (χ1n) is 7.75. The van der Waals surface area contributed by atoms with Gasteiger partial charge in [-0.25, -0.2) is 8.42 Å². The standard InChI is InChI=1S/C15H19F2NO5S/c16-15(17)23-12-3-1-2-4-13(12)24(19,20)18-7-5-11(6-8-18)14-21-9-10-22-14/h1-4,11,14-15H,5-10H2. The van der Waals surface area contributed by atoms with Crippen LogP contribution in [0.5, 0.6) is 5.75 Å². The molecule has 9 heteroatoms. The second-order valence-electron chi connectivity index (χ2n) is 5.68. The van der Waals surface area contributed by atoms with E-state index in [0.29, 0.717) is 39.1 Å². The number of rotatable bonds is 5. The van der Waals surface area contributed by atoms with Crippen molar-refractivity contribution < 1.29 is 31.4 Å². The fraction of sp³-hybridized carbons (Fsp3) is 0.600. The molecule has 3 rings (SSSR count). The first-order chi connectivity index (χ1) is 11.5. The third-order valence-electron chi connectivity index (χ3n) is 4.21. The van der Waals surface area contributed by atoms with Crippen LogP contribution >= 0.6 is 0 Å². The van der Waals surface area contributed by atoms with Crippen LogP contribution in [0.3, 0.4) is 0 Å². The molecule has 0 bridgehead atoms. The van der Waals surface area contributed by atoms with E-state index < -0.39 is 16.6 Å². The first kappa shape index (κ1) is 17.5. The van der Waals surface area contributed by atoms with Gasteiger partial charge in [-0.2, -0.15) is 13.1 Å². The maximum atomic E-state index is 12.8. The van der Waals surface area contributed by atoms with Gasteiger partial charge in [0.1, 0.15) is 10.6 Å². The number of ether oxygens (including phenoxy) is 3. The Morgan fingerprint density at radius 2 is 1.75 bits per heavy atom. The van der Waals surface area contributed by atoms with E-state index in [1.807, 2.05) is 0 Å². The normalized spacial score (nSPS) is 21.5. The highest BCUT2D eigenvalue weighted by Crippen LogP contribution is 2.32. The van der Waals surface area contributed by atoms with Crippen molar-refractivity contribution in [2.24, 2.45) is 5.92 Å². The summed E-state index contributed by atoms with van der Waals surface area (Å²) in [5.41, 5.74) is 0. The first-order valence-corrected chi connectivity index (χ1v) is 9.19. The Labute approximate surface area is 139 Å². The number of nitrogens with zero attached hydrogens (tertiary/aromatic N) is 1. The van der Waals surface area contributed by atoms with Crippen LogP contribution in [0.25, 0.3) is 0 Å². The lowest BCUT2D eigenvalue weighted by atomic mass is 9.98. The van der Waals surface area contributed by atoms with Crippen LogP contribution in [0.15, 0.2) is 29.2 Å². The summed E-state index contributed by atoms with van der Waals surface area (Å²) in [6.07, 6.45) is 0.924. The van der Waals surface area contributed by atoms with Crippen molar-refractivity contribution in [2.45, 2.75) is 30.6 Å². The summed E-state index contributed by atoms with van der Waals surface area (Å²) in [7, 11) is -3.89. The molecule has 24 heavy (non-hydrogen) atoms.